The Balaban J connectivity index is 1.12. The average Bonchev–Trinajstić information content (AvgIpc) is 3.88. The van der Waals surface area contributed by atoms with E-state index in [0.29, 0.717) is 22.5 Å². The second-order valence-electron chi connectivity index (χ2n) is 13.9. The van der Waals surface area contributed by atoms with Crippen molar-refractivity contribution in [2.75, 3.05) is 4.90 Å². The van der Waals surface area contributed by atoms with E-state index >= 15 is 0 Å². The molecule has 0 radical (unpaired) electrons. The van der Waals surface area contributed by atoms with E-state index < -0.39 is 24.2 Å². The van der Waals surface area contributed by atoms with Gasteiger partial charge in [-0.2, -0.15) is 0 Å². The molecule has 0 unspecified atom stereocenters. The van der Waals surface area contributed by atoms with Gasteiger partial charge in [0.2, 0.25) is 0 Å². The van der Waals surface area contributed by atoms with Gasteiger partial charge in [0.05, 0.1) is 27.7 Å². The van der Waals surface area contributed by atoms with Gasteiger partial charge in [0, 0.05) is 44.2 Å². The molecule has 11 aromatic rings. The van der Waals surface area contributed by atoms with E-state index in [1.165, 1.54) is 4.90 Å². The summed E-state index contributed by atoms with van der Waals surface area (Å²) in [6.07, 6.45) is 0. The molecule has 0 aliphatic carbocycles. The van der Waals surface area contributed by atoms with Gasteiger partial charge in [0.25, 0.3) is 0 Å². The van der Waals surface area contributed by atoms with Crippen LogP contribution in [0.2, 0.25) is 0 Å². The number of benzene rings is 9. The lowest BCUT2D eigenvalue weighted by atomic mass is 10.0. The average molecular weight is 737 g/mol. The van der Waals surface area contributed by atoms with Gasteiger partial charge in [-0.05, 0) is 101 Å². The molecule has 0 fully saturated rings. The molecule has 0 atom stereocenters. The molecule has 0 saturated heterocycles. The van der Waals surface area contributed by atoms with Gasteiger partial charge in [0.15, 0.2) is 0 Å². The number of furan rings is 1. The molecule has 0 spiro atoms. The lowest BCUT2D eigenvalue weighted by Crippen LogP contribution is -2.09. The van der Waals surface area contributed by atoms with Crippen molar-refractivity contribution in [3.63, 3.8) is 0 Å². The highest BCUT2D eigenvalue weighted by Gasteiger charge is 2.17. The summed E-state index contributed by atoms with van der Waals surface area (Å²) in [6, 6.07) is 50.3. The molecule has 0 aliphatic rings. The lowest BCUT2D eigenvalue weighted by molar-refractivity contribution is 0.669. The van der Waals surface area contributed by atoms with Gasteiger partial charge in [0.1, 0.15) is 11.2 Å². The van der Waals surface area contributed by atoms with Crippen LogP contribution in [0, 0.1) is 0 Å². The molecule has 2 aromatic heterocycles. The van der Waals surface area contributed by atoms with Crippen LogP contribution in [0.4, 0.5) is 17.1 Å². The molecule has 57 heavy (non-hydrogen) atoms. The van der Waals surface area contributed by atoms with Gasteiger partial charge in [-0.1, -0.05) is 145 Å². The Morgan fingerprint density at radius 2 is 0.895 bits per heavy atom. The van der Waals surface area contributed by atoms with E-state index in [0.717, 1.165) is 54.9 Å². The zero-order valence-corrected chi connectivity index (χ0v) is 30.5. The number of nitrogens with zero attached hydrogens (tertiary/aromatic N) is 2. The summed E-state index contributed by atoms with van der Waals surface area (Å²) in [5.74, 6) is 0. The largest absolute Gasteiger partial charge is 0.456 e. The molecular formula is C54H36N2O. The Labute approximate surface area is 342 Å². The summed E-state index contributed by atoms with van der Waals surface area (Å²) < 4.78 is 84.4. The van der Waals surface area contributed by atoms with Crippen LogP contribution in [0.25, 0.3) is 82.8 Å². The second kappa shape index (κ2) is 13.6. The zero-order valence-electron chi connectivity index (χ0n) is 38.5. The minimum absolute atomic E-state index is 0.0801. The van der Waals surface area contributed by atoms with Crippen LogP contribution < -0.4 is 4.90 Å². The predicted octanol–water partition coefficient (Wildman–Crippen LogP) is 15.2. The Hall–Kier alpha value is -7.62. The van der Waals surface area contributed by atoms with Crippen LogP contribution in [-0.2, 0) is 0 Å². The molecule has 11 rings (SSSR count). The van der Waals surface area contributed by atoms with Gasteiger partial charge in [-0.25, -0.2) is 0 Å². The Morgan fingerprint density at radius 3 is 1.60 bits per heavy atom. The van der Waals surface area contributed by atoms with Crippen LogP contribution in [0.15, 0.2) is 223 Å². The maximum atomic E-state index is 9.72. The molecule has 3 heteroatoms. The quantitative estimate of drug-likeness (QED) is 0.162. The first kappa shape index (κ1) is 25.5. The third-order valence-corrected chi connectivity index (χ3v) is 10.6. The van der Waals surface area contributed by atoms with E-state index in [9.17, 15) is 11.0 Å². The summed E-state index contributed by atoms with van der Waals surface area (Å²) in [5, 5.41) is 4.06. The second-order valence-corrected chi connectivity index (χ2v) is 13.9. The number of rotatable bonds is 7. The first-order valence-corrected chi connectivity index (χ1v) is 18.8. The van der Waals surface area contributed by atoms with E-state index in [1.807, 2.05) is 115 Å². The van der Waals surface area contributed by atoms with Crippen molar-refractivity contribution in [2.45, 2.75) is 0 Å². The van der Waals surface area contributed by atoms with Crippen molar-refractivity contribution in [3.05, 3.63) is 218 Å². The third kappa shape index (κ3) is 5.68. The van der Waals surface area contributed by atoms with Crippen molar-refractivity contribution in [1.29, 1.82) is 0 Å². The number of anilines is 3. The Morgan fingerprint density at radius 1 is 0.368 bits per heavy atom. The van der Waals surface area contributed by atoms with E-state index in [-0.39, 0.29) is 46.7 Å². The molecule has 2 heterocycles. The maximum Gasteiger partial charge on any atom is 0.136 e. The highest BCUT2D eigenvalue weighted by atomic mass is 16.3. The molecule has 9 aromatic carbocycles. The number of para-hydroxylation sites is 4. The van der Waals surface area contributed by atoms with Crippen molar-refractivity contribution >= 4 is 60.8 Å². The molecule has 3 nitrogen and oxygen atoms in total. The van der Waals surface area contributed by atoms with E-state index in [4.69, 9.17) is 4.42 Å². The number of hydrogen-bond donors (Lipinski definition) is 0. The first-order valence-electron chi connectivity index (χ1n) is 22.8. The van der Waals surface area contributed by atoms with Crippen LogP contribution in [0.5, 0.6) is 0 Å². The van der Waals surface area contributed by atoms with Crippen molar-refractivity contribution in [2.24, 2.45) is 0 Å². The van der Waals surface area contributed by atoms with Gasteiger partial charge < -0.3 is 13.9 Å². The highest BCUT2D eigenvalue weighted by Crippen LogP contribution is 2.40. The Bertz CT molecular complexity index is 3600. The van der Waals surface area contributed by atoms with Gasteiger partial charge in [-0.15, -0.1) is 0 Å². The normalized spacial score (nSPS) is 13.5. The fourth-order valence-corrected chi connectivity index (χ4v) is 7.86. The molecule has 0 N–H and O–H groups in total. The van der Waals surface area contributed by atoms with Crippen LogP contribution >= 0.6 is 0 Å². The van der Waals surface area contributed by atoms with Crippen LogP contribution in [0.1, 0.15) is 11.0 Å². The summed E-state index contributed by atoms with van der Waals surface area (Å²) >= 11 is 0. The molecule has 0 bridgehead atoms. The first-order chi connectivity index (χ1) is 31.6. The van der Waals surface area contributed by atoms with Crippen molar-refractivity contribution in [1.82, 2.24) is 4.57 Å². The monoisotopic (exact) mass is 736 g/mol. The molecular weight excluding hydrogens is 693 g/mol. The third-order valence-electron chi connectivity index (χ3n) is 10.6. The minimum atomic E-state index is -0.415. The Kier molecular flexibility index (Phi) is 6.07. The SMILES string of the molecule is [2H]c1c([2H])c(N(c2ccc(-c3ccc4c(c3)oc3ccccc34)cc2)c2c([2H])c([2H])c(-c3ccccc3-n3c4ccccc4c4ccccc43)c([2H])c2[2H])c([2H])c([2H])c1-c1ccccc1. The standard InChI is InChI=1S/C54H36N2O/c1-2-12-37(13-3-1)38-22-29-42(30-23-38)55(43-31-24-39(25-32-43)41-28-35-49-48-17-7-11-21-53(48)57-54(49)36-41)44-33-26-40(27-34-44)45-14-4-8-18-50(45)56-51-19-9-5-15-46(51)47-16-6-10-20-52(47)56/h1-36H/i22D,23D,26D,27D,29D,30D,33D,34D. The molecule has 0 saturated carbocycles. The van der Waals surface area contributed by atoms with E-state index in [1.54, 1.807) is 42.5 Å². The zero-order chi connectivity index (χ0) is 44.7. The topological polar surface area (TPSA) is 21.3 Å². The van der Waals surface area contributed by atoms with Crippen molar-refractivity contribution in [3.8, 4) is 39.1 Å². The van der Waals surface area contributed by atoms with Crippen molar-refractivity contribution < 1.29 is 15.4 Å². The minimum Gasteiger partial charge on any atom is -0.456 e. The maximum absolute atomic E-state index is 9.72. The highest BCUT2D eigenvalue weighted by molar-refractivity contribution is 6.10. The molecule has 0 aliphatic heterocycles. The van der Waals surface area contributed by atoms with Gasteiger partial charge in [-0.3, -0.25) is 0 Å². The summed E-state index contributed by atoms with van der Waals surface area (Å²) in [6.45, 7) is 0. The van der Waals surface area contributed by atoms with E-state index in [2.05, 4.69) is 16.7 Å². The number of fused-ring (bicyclic) bond motifs is 6. The lowest BCUT2D eigenvalue weighted by Gasteiger charge is -2.26. The fourth-order valence-electron chi connectivity index (χ4n) is 7.86. The fraction of sp³-hybridized carbons (Fsp3) is 0. The summed E-state index contributed by atoms with van der Waals surface area (Å²) in [5.41, 5.74) is 6.74. The summed E-state index contributed by atoms with van der Waals surface area (Å²) in [4.78, 5) is 1.34. The number of aromatic nitrogens is 1. The smallest absolute Gasteiger partial charge is 0.136 e. The molecule has 0 amide bonds. The molecule has 268 valence electrons. The van der Waals surface area contributed by atoms with Gasteiger partial charge >= 0.3 is 0 Å². The summed E-state index contributed by atoms with van der Waals surface area (Å²) in [7, 11) is 0. The number of hydrogen-bond acceptors (Lipinski definition) is 2. The van der Waals surface area contributed by atoms with Crippen LogP contribution in [-0.4, -0.2) is 4.57 Å². The van der Waals surface area contributed by atoms with Crippen LogP contribution in [0.3, 0.4) is 0 Å². The predicted molar refractivity (Wildman–Crippen MR) is 239 cm³/mol.